The average Bonchev–Trinajstić information content (AvgIpc) is 1.99. The highest BCUT2D eigenvalue weighted by Gasteiger charge is 1.89. The Morgan fingerprint density at radius 2 is 2.30 bits per heavy atom. The predicted octanol–water partition coefficient (Wildman–Crippen LogP) is 2.17. The lowest BCUT2D eigenvalue weighted by atomic mass is 10.2. The van der Waals surface area contributed by atoms with Gasteiger partial charge < -0.3 is 0 Å². The Morgan fingerprint density at radius 1 is 1.70 bits per heavy atom. The molecule has 0 bridgehead atoms. The van der Waals surface area contributed by atoms with Crippen LogP contribution < -0.4 is 0 Å². The van der Waals surface area contributed by atoms with Gasteiger partial charge in [0, 0.05) is 6.21 Å². The minimum absolute atomic E-state index is 0.650. The molecule has 0 fully saturated rings. The van der Waals surface area contributed by atoms with Crippen molar-refractivity contribution in [2.75, 3.05) is 0 Å². The van der Waals surface area contributed by atoms with E-state index in [0.29, 0.717) is 5.70 Å². The fraction of sp³-hybridized carbons (Fsp3) is 0.222. The highest BCUT2D eigenvalue weighted by atomic mass is 14.7. The van der Waals surface area contributed by atoms with Gasteiger partial charge in [0.2, 0.25) is 0 Å². The Morgan fingerprint density at radius 3 is 2.60 bits per heavy atom. The van der Waals surface area contributed by atoms with Crippen LogP contribution in [0.25, 0.3) is 0 Å². The third kappa shape index (κ3) is 2.32. The SMILES string of the molecule is C#C/C(N=CC)=C(\C)C=C. The first kappa shape index (κ1) is 8.71. The van der Waals surface area contributed by atoms with Crippen molar-refractivity contribution in [3.8, 4) is 12.3 Å². The van der Waals surface area contributed by atoms with Gasteiger partial charge in [-0.2, -0.15) is 0 Å². The van der Waals surface area contributed by atoms with E-state index in [1.807, 2.05) is 13.8 Å². The standard InChI is InChI=1S/C9H11N/c1-5-8(4)9(6-2)10-7-3/h2,5,7H,1H2,3-4H3/b9-8-,10-7?. The molecule has 0 aromatic heterocycles. The summed E-state index contributed by atoms with van der Waals surface area (Å²) in [5.41, 5.74) is 1.58. The second-order valence-corrected chi connectivity index (χ2v) is 1.77. The van der Waals surface area contributed by atoms with Gasteiger partial charge in [-0.15, -0.1) is 6.42 Å². The van der Waals surface area contributed by atoms with Gasteiger partial charge >= 0.3 is 0 Å². The van der Waals surface area contributed by atoms with Gasteiger partial charge in [0.25, 0.3) is 0 Å². The number of hydrogen-bond acceptors (Lipinski definition) is 1. The van der Waals surface area contributed by atoms with Crippen molar-refractivity contribution in [2.24, 2.45) is 4.99 Å². The van der Waals surface area contributed by atoms with Crippen LogP contribution in [0.4, 0.5) is 0 Å². The summed E-state index contributed by atoms with van der Waals surface area (Å²) in [6.07, 6.45) is 8.53. The van der Waals surface area contributed by atoms with Gasteiger partial charge in [-0.05, 0) is 19.4 Å². The molecule has 0 spiro atoms. The van der Waals surface area contributed by atoms with E-state index < -0.39 is 0 Å². The zero-order valence-corrected chi connectivity index (χ0v) is 6.39. The monoisotopic (exact) mass is 133 g/mol. The van der Waals surface area contributed by atoms with E-state index in [1.54, 1.807) is 12.3 Å². The molecule has 0 aromatic rings. The van der Waals surface area contributed by atoms with Crippen molar-refractivity contribution >= 4 is 6.21 Å². The third-order valence-electron chi connectivity index (χ3n) is 1.07. The van der Waals surface area contributed by atoms with Crippen LogP contribution in [-0.2, 0) is 0 Å². The summed E-state index contributed by atoms with van der Waals surface area (Å²) >= 11 is 0. The molecule has 0 rings (SSSR count). The normalized spacial score (nSPS) is 12.5. The van der Waals surface area contributed by atoms with Crippen molar-refractivity contribution in [3.63, 3.8) is 0 Å². The molecule has 1 nitrogen and oxygen atoms in total. The van der Waals surface area contributed by atoms with E-state index in [-0.39, 0.29) is 0 Å². The number of rotatable bonds is 2. The Labute approximate surface area is 62.2 Å². The molecule has 1 heteroatoms. The van der Waals surface area contributed by atoms with Crippen LogP contribution in [0.3, 0.4) is 0 Å². The zero-order valence-electron chi connectivity index (χ0n) is 6.39. The molecule has 0 N–H and O–H groups in total. The van der Waals surface area contributed by atoms with E-state index in [1.165, 1.54) is 0 Å². The van der Waals surface area contributed by atoms with Crippen LogP contribution in [-0.4, -0.2) is 6.21 Å². The topological polar surface area (TPSA) is 12.4 Å². The largest absolute Gasteiger partial charge is 0.252 e. The molecule has 0 amide bonds. The lowest BCUT2D eigenvalue weighted by Gasteiger charge is -1.92. The molecule has 0 aromatic carbocycles. The second kappa shape index (κ2) is 4.58. The maximum absolute atomic E-state index is 5.17. The van der Waals surface area contributed by atoms with Crippen LogP contribution in [0.2, 0.25) is 0 Å². The van der Waals surface area contributed by atoms with Gasteiger partial charge in [-0.1, -0.05) is 18.6 Å². The Bertz CT molecular complexity index is 213. The van der Waals surface area contributed by atoms with Gasteiger partial charge in [0.1, 0.15) is 5.70 Å². The fourth-order valence-electron chi connectivity index (χ4n) is 0.479. The summed E-state index contributed by atoms with van der Waals surface area (Å²) in [4.78, 5) is 3.96. The van der Waals surface area contributed by atoms with Crippen molar-refractivity contribution in [2.45, 2.75) is 13.8 Å². The molecule has 0 saturated carbocycles. The summed E-state index contributed by atoms with van der Waals surface area (Å²) in [7, 11) is 0. The van der Waals surface area contributed by atoms with Gasteiger partial charge in [-0.25, -0.2) is 0 Å². The van der Waals surface area contributed by atoms with E-state index in [9.17, 15) is 0 Å². The Balaban J connectivity index is 4.66. The quantitative estimate of drug-likeness (QED) is 0.311. The van der Waals surface area contributed by atoms with Crippen molar-refractivity contribution in [3.05, 3.63) is 23.9 Å². The van der Waals surface area contributed by atoms with Gasteiger partial charge in [-0.3, -0.25) is 4.99 Å². The molecule has 52 valence electrons. The molecule has 0 aliphatic rings. The lowest BCUT2D eigenvalue weighted by molar-refractivity contribution is 1.35. The summed E-state index contributed by atoms with van der Waals surface area (Å²) < 4.78 is 0. The molecule has 0 radical (unpaired) electrons. The van der Waals surface area contributed by atoms with Crippen molar-refractivity contribution in [1.29, 1.82) is 0 Å². The average molecular weight is 133 g/mol. The first-order chi connectivity index (χ1) is 4.76. The van der Waals surface area contributed by atoms with Crippen LogP contribution in [0, 0.1) is 12.3 Å². The molecule has 0 aliphatic carbocycles. The smallest absolute Gasteiger partial charge is 0.115 e. The van der Waals surface area contributed by atoms with E-state index in [4.69, 9.17) is 6.42 Å². The van der Waals surface area contributed by atoms with Crippen LogP contribution in [0.15, 0.2) is 28.9 Å². The van der Waals surface area contributed by atoms with Crippen molar-refractivity contribution < 1.29 is 0 Å². The highest BCUT2D eigenvalue weighted by molar-refractivity contribution is 5.57. The summed E-state index contributed by atoms with van der Waals surface area (Å²) in [6.45, 7) is 7.30. The molecule has 0 heterocycles. The first-order valence-corrected chi connectivity index (χ1v) is 3.04. The van der Waals surface area contributed by atoms with Crippen LogP contribution >= 0.6 is 0 Å². The molecular formula is C9H11N. The predicted molar refractivity (Wildman–Crippen MR) is 45.9 cm³/mol. The molecule has 0 saturated heterocycles. The molecule has 0 atom stereocenters. The summed E-state index contributed by atoms with van der Waals surface area (Å²) in [6, 6.07) is 0. The van der Waals surface area contributed by atoms with Crippen LogP contribution in [0.5, 0.6) is 0 Å². The molecule has 10 heavy (non-hydrogen) atoms. The van der Waals surface area contributed by atoms with E-state index in [2.05, 4.69) is 17.5 Å². The maximum Gasteiger partial charge on any atom is 0.115 e. The number of aliphatic imine (C=N–C) groups is 1. The minimum Gasteiger partial charge on any atom is -0.252 e. The summed E-state index contributed by atoms with van der Waals surface area (Å²) in [5.74, 6) is 2.46. The first-order valence-electron chi connectivity index (χ1n) is 3.04. The zero-order chi connectivity index (χ0) is 7.98. The van der Waals surface area contributed by atoms with Crippen molar-refractivity contribution in [1.82, 2.24) is 0 Å². The molecular weight excluding hydrogens is 122 g/mol. The second-order valence-electron chi connectivity index (χ2n) is 1.77. The Kier molecular flexibility index (Phi) is 3.99. The maximum atomic E-state index is 5.17. The number of hydrogen-bond donors (Lipinski definition) is 0. The van der Waals surface area contributed by atoms with Gasteiger partial charge in [0.15, 0.2) is 0 Å². The molecule has 0 unspecified atom stereocenters. The lowest BCUT2D eigenvalue weighted by Crippen LogP contribution is -1.78. The summed E-state index contributed by atoms with van der Waals surface area (Å²) in [5, 5.41) is 0. The highest BCUT2D eigenvalue weighted by Crippen LogP contribution is 2.03. The van der Waals surface area contributed by atoms with E-state index in [0.717, 1.165) is 5.57 Å². The number of nitrogens with zero attached hydrogens (tertiary/aromatic N) is 1. The minimum atomic E-state index is 0.650. The Hall–Kier alpha value is -1.29. The van der Waals surface area contributed by atoms with Gasteiger partial charge in [0.05, 0.1) is 0 Å². The number of allylic oxidation sites excluding steroid dienone is 3. The number of terminal acetylenes is 1. The molecule has 0 aliphatic heterocycles. The third-order valence-corrected chi connectivity index (χ3v) is 1.07. The van der Waals surface area contributed by atoms with E-state index >= 15 is 0 Å². The van der Waals surface area contributed by atoms with Crippen LogP contribution in [0.1, 0.15) is 13.8 Å². The fourth-order valence-corrected chi connectivity index (χ4v) is 0.479.